The summed E-state index contributed by atoms with van der Waals surface area (Å²) in [6.07, 6.45) is 0.122. The van der Waals surface area contributed by atoms with Gasteiger partial charge in [-0.1, -0.05) is 44.4 Å². The summed E-state index contributed by atoms with van der Waals surface area (Å²) in [6, 6.07) is 6.50. The van der Waals surface area contributed by atoms with Crippen LogP contribution in [-0.4, -0.2) is 25.3 Å². The number of para-hydroxylation sites is 1. The first kappa shape index (κ1) is 22.8. The van der Waals surface area contributed by atoms with E-state index in [0.29, 0.717) is 5.56 Å². The Kier molecular flexibility index (Phi) is 11.6. The van der Waals surface area contributed by atoms with Gasteiger partial charge in [-0.2, -0.15) is 13.2 Å². The third-order valence-corrected chi connectivity index (χ3v) is 3.12. The van der Waals surface area contributed by atoms with Crippen LogP contribution in [0.5, 0.6) is 5.75 Å². The minimum atomic E-state index is -4.37. The Morgan fingerprint density at radius 2 is 1.92 bits per heavy atom. The summed E-state index contributed by atoms with van der Waals surface area (Å²) in [5, 5.41) is 2.99. The number of ether oxygens (including phenoxy) is 1. The van der Waals surface area contributed by atoms with Gasteiger partial charge in [-0.05, 0) is 12.5 Å². The highest BCUT2D eigenvalue weighted by atomic mass is 127. The molecule has 0 amide bonds. The minimum absolute atomic E-state index is 0. The second kappa shape index (κ2) is 12.2. The molecule has 0 saturated carbocycles. The summed E-state index contributed by atoms with van der Waals surface area (Å²) in [5.74, 6) is 0.455. The lowest BCUT2D eigenvalue weighted by molar-refractivity contribution is -0.153. The number of guanidine groups is 1. The Morgan fingerprint density at radius 3 is 2.58 bits per heavy atom. The summed E-state index contributed by atoms with van der Waals surface area (Å²) < 4.78 is 41.5. The number of nitrogens with one attached hydrogen (secondary N) is 1. The molecule has 1 aromatic rings. The van der Waals surface area contributed by atoms with E-state index in [1.54, 1.807) is 18.2 Å². The van der Waals surface area contributed by atoms with Gasteiger partial charge in [0.05, 0.1) is 6.54 Å². The Bertz CT molecular complexity index is 496. The summed E-state index contributed by atoms with van der Waals surface area (Å²) in [6.45, 7) is 1.73. The van der Waals surface area contributed by atoms with Crippen molar-refractivity contribution < 1.29 is 17.9 Å². The maximum atomic E-state index is 12.2. The molecule has 138 valence electrons. The number of hydrogen-bond donors (Lipinski definition) is 2. The average Bonchev–Trinajstić information content (AvgIpc) is 2.50. The number of nitrogens with zero attached hydrogens (tertiary/aromatic N) is 1. The molecule has 0 unspecified atom stereocenters. The number of nitrogens with two attached hydrogens (primary N) is 1. The zero-order chi connectivity index (χ0) is 17.1. The number of rotatable bonds is 9. The van der Waals surface area contributed by atoms with Gasteiger partial charge < -0.3 is 15.8 Å². The van der Waals surface area contributed by atoms with E-state index in [0.717, 1.165) is 25.8 Å². The lowest BCUT2D eigenvalue weighted by Gasteiger charge is -2.12. The van der Waals surface area contributed by atoms with Crippen LogP contribution >= 0.6 is 24.0 Å². The van der Waals surface area contributed by atoms with Gasteiger partial charge in [0.1, 0.15) is 5.75 Å². The van der Waals surface area contributed by atoms with E-state index in [1.165, 1.54) is 12.5 Å². The van der Waals surface area contributed by atoms with E-state index in [2.05, 4.69) is 17.2 Å². The van der Waals surface area contributed by atoms with E-state index in [-0.39, 0.29) is 42.2 Å². The zero-order valence-corrected chi connectivity index (χ0v) is 16.1. The van der Waals surface area contributed by atoms with E-state index >= 15 is 0 Å². The summed E-state index contributed by atoms with van der Waals surface area (Å²) in [7, 11) is 0. The Hall–Kier alpha value is -1.19. The normalized spacial score (nSPS) is 11.8. The molecular weight excluding hydrogens is 434 g/mol. The van der Waals surface area contributed by atoms with Gasteiger partial charge >= 0.3 is 6.18 Å². The van der Waals surface area contributed by atoms with E-state index in [1.807, 2.05) is 0 Å². The molecule has 1 rings (SSSR count). The molecule has 0 aliphatic carbocycles. The van der Waals surface area contributed by atoms with Crippen molar-refractivity contribution in [2.45, 2.75) is 45.3 Å². The van der Waals surface area contributed by atoms with Gasteiger partial charge in [0.15, 0.2) is 12.6 Å². The predicted octanol–water partition coefficient (Wildman–Crippen LogP) is 4.23. The molecule has 0 aliphatic rings. The molecule has 1 aromatic carbocycles. The molecule has 24 heavy (non-hydrogen) atoms. The van der Waals surface area contributed by atoms with Crippen molar-refractivity contribution in [1.29, 1.82) is 0 Å². The van der Waals surface area contributed by atoms with Crippen LogP contribution in [0.4, 0.5) is 13.2 Å². The Morgan fingerprint density at radius 1 is 1.21 bits per heavy atom. The Labute approximate surface area is 158 Å². The number of unbranched alkanes of at least 4 members (excludes halogenated alkanes) is 3. The van der Waals surface area contributed by atoms with Crippen LogP contribution in [-0.2, 0) is 6.54 Å². The van der Waals surface area contributed by atoms with Crippen LogP contribution in [0.25, 0.3) is 0 Å². The van der Waals surface area contributed by atoms with Crippen molar-refractivity contribution in [2.24, 2.45) is 10.7 Å². The van der Waals surface area contributed by atoms with E-state index < -0.39 is 12.8 Å². The summed E-state index contributed by atoms with van der Waals surface area (Å²) >= 11 is 0. The Balaban J connectivity index is 0.00000529. The molecule has 0 radical (unpaired) electrons. The largest absolute Gasteiger partial charge is 0.484 e. The van der Waals surface area contributed by atoms with Crippen molar-refractivity contribution in [3.05, 3.63) is 29.8 Å². The van der Waals surface area contributed by atoms with Gasteiger partial charge in [-0.3, -0.25) is 0 Å². The monoisotopic (exact) mass is 459 g/mol. The molecule has 0 bridgehead atoms. The highest BCUT2D eigenvalue weighted by molar-refractivity contribution is 14.0. The third kappa shape index (κ3) is 10.6. The maximum Gasteiger partial charge on any atom is 0.422 e. The molecule has 4 nitrogen and oxygen atoms in total. The SMILES string of the molecule is CCCCCCNC(N)=NCc1ccccc1OCC(F)(F)F.I. The average molecular weight is 459 g/mol. The van der Waals surface area contributed by atoms with Gasteiger partial charge in [0, 0.05) is 12.1 Å². The first-order valence-corrected chi connectivity index (χ1v) is 7.73. The van der Waals surface area contributed by atoms with Crippen LogP contribution in [0.2, 0.25) is 0 Å². The quantitative estimate of drug-likeness (QED) is 0.252. The minimum Gasteiger partial charge on any atom is -0.484 e. The summed E-state index contributed by atoms with van der Waals surface area (Å²) in [4.78, 5) is 4.14. The molecule has 0 saturated heterocycles. The lowest BCUT2D eigenvalue weighted by Crippen LogP contribution is -2.32. The molecule has 0 spiro atoms. The fourth-order valence-corrected chi connectivity index (χ4v) is 1.93. The van der Waals surface area contributed by atoms with Crippen LogP contribution in [0.15, 0.2) is 29.3 Å². The number of halogens is 4. The highest BCUT2D eigenvalue weighted by Crippen LogP contribution is 2.22. The van der Waals surface area contributed by atoms with Gasteiger partial charge in [0.25, 0.3) is 0 Å². The van der Waals surface area contributed by atoms with E-state index in [9.17, 15) is 13.2 Å². The first-order valence-electron chi connectivity index (χ1n) is 7.73. The second-order valence-corrected chi connectivity index (χ2v) is 5.20. The van der Waals surface area contributed by atoms with Crippen LogP contribution < -0.4 is 15.8 Å². The maximum absolute atomic E-state index is 12.2. The first-order chi connectivity index (χ1) is 10.9. The van der Waals surface area contributed by atoms with Crippen molar-refractivity contribution in [3.63, 3.8) is 0 Å². The molecule has 8 heteroatoms. The second-order valence-electron chi connectivity index (χ2n) is 5.20. The van der Waals surface area contributed by atoms with Crippen LogP contribution in [0.1, 0.15) is 38.2 Å². The fourth-order valence-electron chi connectivity index (χ4n) is 1.93. The molecule has 3 N–H and O–H groups in total. The van der Waals surface area contributed by atoms with Gasteiger partial charge in [0.2, 0.25) is 0 Å². The predicted molar refractivity (Wildman–Crippen MR) is 101 cm³/mol. The number of benzene rings is 1. The summed E-state index contributed by atoms with van der Waals surface area (Å²) in [5.41, 5.74) is 6.31. The molecular formula is C16H25F3IN3O. The van der Waals surface area contributed by atoms with Crippen molar-refractivity contribution in [3.8, 4) is 5.75 Å². The topological polar surface area (TPSA) is 59.6 Å². The number of aliphatic imine (C=N–C) groups is 1. The smallest absolute Gasteiger partial charge is 0.422 e. The van der Waals surface area contributed by atoms with Crippen molar-refractivity contribution >= 4 is 29.9 Å². The zero-order valence-electron chi connectivity index (χ0n) is 13.7. The van der Waals surface area contributed by atoms with Crippen LogP contribution in [0.3, 0.4) is 0 Å². The molecule has 0 aromatic heterocycles. The van der Waals surface area contributed by atoms with Gasteiger partial charge in [-0.15, -0.1) is 24.0 Å². The van der Waals surface area contributed by atoms with Crippen LogP contribution in [0, 0.1) is 0 Å². The van der Waals surface area contributed by atoms with Crippen molar-refractivity contribution in [1.82, 2.24) is 5.32 Å². The lowest BCUT2D eigenvalue weighted by atomic mass is 10.2. The number of alkyl halides is 3. The molecule has 0 fully saturated rings. The molecule has 0 aliphatic heterocycles. The highest BCUT2D eigenvalue weighted by Gasteiger charge is 2.28. The standard InChI is InChI=1S/C16H24F3N3O.HI/c1-2-3-4-7-10-21-15(20)22-11-13-8-5-6-9-14(13)23-12-16(17,18)19;/h5-6,8-9H,2-4,7,10-12H2,1H3,(H3,20,21,22);1H. The fraction of sp³-hybridized carbons (Fsp3) is 0.562. The molecule has 0 atom stereocenters. The number of hydrogen-bond acceptors (Lipinski definition) is 2. The molecule has 0 heterocycles. The van der Waals surface area contributed by atoms with E-state index in [4.69, 9.17) is 10.5 Å². The van der Waals surface area contributed by atoms with Crippen molar-refractivity contribution in [2.75, 3.05) is 13.2 Å². The van der Waals surface area contributed by atoms with Gasteiger partial charge in [-0.25, -0.2) is 4.99 Å². The third-order valence-electron chi connectivity index (χ3n) is 3.12.